The first-order valence-corrected chi connectivity index (χ1v) is 6.65. The molecule has 1 amide bonds. The molecule has 2 rings (SSSR count). The van der Waals surface area contributed by atoms with Gasteiger partial charge in [-0.15, -0.1) is 0 Å². The Morgan fingerprint density at radius 1 is 1.33 bits per heavy atom. The topological polar surface area (TPSA) is 41.1 Å². The maximum atomic E-state index is 12.1. The van der Waals surface area contributed by atoms with Gasteiger partial charge < -0.3 is 10.6 Å². The van der Waals surface area contributed by atoms with Crippen molar-refractivity contribution in [1.29, 1.82) is 0 Å². The van der Waals surface area contributed by atoms with E-state index < -0.39 is 0 Å². The summed E-state index contributed by atoms with van der Waals surface area (Å²) >= 11 is 0. The molecule has 0 unspecified atom stereocenters. The van der Waals surface area contributed by atoms with Crippen molar-refractivity contribution in [2.45, 2.75) is 26.2 Å². The van der Waals surface area contributed by atoms with E-state index in [4.69, 9.17) is 0 Å². The van der Waals surface area contributed by atoms with Crippen LogP contribution in [0.1, 0.15) is 35.2 Å². The molecule has 1 fully saturated rings. The molecule has 3 nitrogen and oxygen atoms in total. The molecule has 0 aliphatic heterocycles. The molecule has 1 aromatic carbocycles. The molecule has 0 radical (unpaired) electrons. The van der Waals surface area contributed by atoms with Crippen LogP contribution in [0.3, 0.4) is 0 Å². The van der Waals surface area contributed by atoms with Crippen LogP contribution in [0.25, 0.3) is 0 Å². The summed E-state index contributed by atoms with van der Waals surface area (Å²) in [5.74, 6) is 0.0427. The van der Waals surface area contributed by atoms with Crippen molar-refractivity contribution in [2.24, 2.45) is 5.41 Å². The van der Waals surface area contributed by atoms with Crippen LogP contribution in [-0.4, -0.2) is 26.0 Å². The molecule has 18 heavy (non-hydrogen) atoms. The van der Waals surface area contributed by atoms with Gasteiger partial charge >= 0.3 is 0 Å². The molecule has 0 bridgehead atoms. The van der Waals surface area contributed by atoms with Gasteiger partial charge in [-0.25, -0.2) is 0 Å². The van der Waals surface area contributed by atoms with Gasteiger partial charge in [0.1, 0.15) is 0 Å². The third-order valence-electron chi connectivity index (χ3n) is 3.87. The van der Waals surface area contributed by atoms with Gasteiger partial charge in [-0.1, -0.05) is 24.1 Å². The number of carbonyl (C=O) groups is 1. The molecule has 0 saturated heterocycles. The number of hydrogen-bond acceptors (Lipinski definition) is 2. The Bertz CT molecular complexity index is 424. The zero-order valence-corrected chi connectivity index (χ0v) is 11.3. The lowest BCUT2D eigenvalue weighted by Crippen LogP contribution is -2.47. The average Bonchev–Trinajstić information content (AvgIpc) is 2.32. The van der Waals surface area contributed by atoms with Crippen molar-refractivity contribution >= 4 is 5.91 Å². The van der Waals surface area contributed by atoms with Gasteiger partial charge in [0, 0.05) is 24.1 Å². The van der Waals surface area contributed by atoms with E-state index in [1.807, 2.05) is 38.2 Å². The van der Waals surface area contributed by atoms with E-state index in [2.05, 4.69) is 10.6 Å². The van der Waals surface area contributed by atoms with Crippen molar-refractivity contribution in [3.05, 3.63) is 35.4 Å². The Kier molecular flexibility index (Phi) is 4.02. The number of nitrogens with one attached hydrogen (secondary N) is 2. The number of aryl methyl sites for hydroxylation is 1. The third kappa shape index (κ3) is 2.91. The summed E-state index contributed by atoms with van der Waals surface area (Å²) in [6, 6.07) is 7.73. The summed E-state index contributed by atoms with van der Waals surface area (Å²) in [6.07, 6.45) is 3.70. The van der Waals surface area contributed by atoms with Crippen molar-refractivity contribution in [3.63, 3.8) is 0 Å². The lowest BCUT2D eigenvalue weighted by atomic mass is 9.68. The van der Waals surface area contributed by atoms with Crippen LogP contribution in [0.2, 0.25) is 0 Å². The van der Waals surface area contributed by atoms with E-state index in [0.29, 0.717) is 0 Å². The Balaban J connectivity index is 1.92. The van der Waals surface area contributed by atoms with Crippen LogP contribution in [0.5, 0.6) is 0 Å². The highest BCUT2D eigenvalue weighted by Crippen LogP contribution is 2.39. The maximum Gasteiger partial charge on any atom is 0.251 e. The summed E-state index contributed by atoms with van der Waals surface area (Å²) in [5, 5.41) is 6.31. The molecule has 1 aliphatic carbocycles. The maximum absolute atomic E-state index is 12.1. The summed E-state index contributed by atoms with van der Waals surface area (Å²) < 4.78 is 0. The molecule has 3 heteroatoms. The summed E-state index contributed by atoms with van der Waals surface area (Å²) in [6.45, 7) is 3.77. The number of rotatable bonds is 5. The Hall–Kier alpha value is -1.35. The van der Waals surface area contributed by atoms with Gasteiger partial charge in [0.05, 0.1) is 0 Å². The fraction of sp³-hybridized carbons (Fsp3) is 0.533. The Labute approximate surface area is 109 Å². The predicted molar refractivity (Wildman–Crippen MR) is 73.7 cm³/mol. The molecular weight excluding hydrogens is 224 g/mol. The van der Waals surface area contributed by atoms with Crippen LogP contribution in [0.15, 0.2) is 24.3 Å². The van der Waals surface area contributed by atoms with Crippen molar-refractivity contribution in [1.82, 2.24) is 10.6 Å². The molecule has 1 saturated carbocycles. The Morgan fingerprint density at radius 3 is 2.67 bits per heavy atom. The van der Waals surface area contributed by atoms with Crippen LogP contribution in [-0.2, 0) is 0 Å². The smallest absolute Gasteiger partial charge is 0.251 e. The second-order valence-corrected chi connectivity index (χ2v) is 5.44. The highest BCUT2D eigenvalue weighted by atomic mass is 16.1. The molecule has 98 valence electrons. The normalized spacial score (nSPS) is 17.0. The summed E-state index contributed by atoms with van der Waals surface area (Å²) in [7, 11) is 1.97. The fourth-order valence-corrected chi connectivity index (χ4v) is 2.62. The van der Waals surface area contributed by atoms with E-state index in [9.17, 15) is 4.79 Å². The molecule has 2 N–H and O–H groups in total. The molecule has 0 aromatic heterocycles. The lowest BCUT2D eigenvalue weighted by molar-refractivity contribution is 0.0862. The second kappa shape index (κ2) is 5.53. The van der Waals surface area contributed by atoms with Crippen molar-refractivity contribution < 1.29 is 4.79 Å². The largest absolute Gasteiger partial charge is 0.351 e. The lowest BCUT2D eigenvalue weighted by Gasteiger charge is -2.42. The SMILES string of the molecule is CNCC1(CNC(=O)c2cccc(C)c2)CCC1. The van der Waals surface area contributed by atoms with Gasteiger partial charge in [-0.3, -0.25) is 4.79 Å². The zero-order chi connectivity index (χ0) is 13.0. The monoisotopic (exact) mass is 246 g/mol. The molecule has 0 atom stereocenters. The second-order valence-electron chi connectivity index (χ2n) is 5.44. The number of carbonyl (C=O) groups excluding carboxylic acids is 1. The van der Waals surface area contributed by atoms with E-state index in [0.717, 1.165) is 24.2 Å². The first kappa shape index (κ1) is 13.1. The van der Waals surface area contributed by atoms with Gasteiger partial charge in [-0.05, 0) is 38.9 Å². The number of hydrogen-bond donors (Lipinski definition) is 2. The number of benzene rings is 1. The van der Waals surface area contributed by atoms with E-state index in [-0.39, 0.29) is 11.3 Å². The van der Waals surface area contributed by atoms with Gasteiger partial charge in [0.15, 0.2) is 0 Å². The first-order chi connectivity index (χ1) is 8.65. The van der Waals surface area contributed by atoms with Crippen molar-refractivity contribution in [2.75, 3.05) is 20.1 Å². The first-order valence-electron chi connectivity index (χ1n) is 6.65. The van der Waals surface area contributed by atoms with E-state index in [1.165, 1.54) is 19.3 Å². The highest BCUT2D eigenvalue weighted by Gasteiger charge is 2.36. The van der Waals surface area contributed by atoms with Gasteiger partial charge in [-0.2, -0.15) is 0 Å². The van der Waals surface area contributed by atoms with Crippen molar-refractivity contribution in [3.8, 4) is 0 Å². The van der Waals surface area contributed by atoms with E-state index >= 15 is 0 Å². The summed E-state index contributed by atoms with van der Waals surface area (Å²) in [4.78, 5) is 12.1. The minimum atomic E-state index is 0.0427. The molecule has 1 aliphatic rings. The zero-order valence-electron chi connectivity index (χ0n) is 11.3. The third-order valence-corrected chi connectivity index (χ3v) is 3.87. The van der Waals surface area contributed by atoms with Gasteiger partial charge in [0.2, 0.25) is 0 Å². The average molecular weight is 246 g/mol. The number of amides is 1. The Morgan fingerprint density at radius 2 is 2.11 bits per heavy atom. The fourth-order valence-electron chi connectivity index (χ4n) is 2.62. The van der Waals surface area contributed by atoms with Crippen LogP contribution in [0, 0.1) is 12.3 Å². The molecule has 0 spiro atoms. The standard InChI is InChI=1S/C15H22N2O/c1-12-5-3-6-13(9-12)14(18)17-11-15(10-16-2)7-4-8-15/h3,5-6,9,16H,4,7-8,10-11H2,1-2H3,(H,17,18). The van der Waals surface area contributed by atoms with Gasteiger partial charge in [0.25, 0.3) is 5.91 Å². The molecule has 0 heterocycles. The van der Waals surface area contributed by atoms with Crippen LogP contribution >= 0.6 is 0 Å². The van der Waals surface area contributed by atoms with Crippen LogP contribution in [0.4, 0.5) is 0 Å². The minimum absolute atomic E-state index is 0.0427. The molecule has 1 aromatic rings. The molecular formula is C15H22N2O. The quantitative estimate of drug-likeness (QED) is 0.835. The minimum Gasteiger partial charge on any atom is -0.351 e. The predicted octanol–water partition coefficient (Wildman–Crippen LogP) is 2.11. The van der Waals surface area contributed by atoms with E-state index in [1.54, 1.807) is 0 Å². The summed E-state index contributed by atoms with van der Waals surface area (Å²) in [5.41, 5.74) is 2.17. The van der Waals surface area contributed by atoms with Crippen LogP contribution < -0.4 is 10.6 Å². The highest BCUT2D eigenvalue weighted by molar-refractivity contribution is 5.94.